The Bertz CT molecular complexity index is 1120. The molecule has 0 aromatic heterocycles. The molecular formula is C55H100O9. The summed E-state index contributed by atoms with van der Waals surface area (Å²) in [7, 11) is 0. The molecule has 374 valence electrons. The van der Waals surface area contributed by atoms with Gasteiger partial charge in [-0.3, -0.25) is 4.79 Å². The van der Waals surface area contributed by atoms with Crippen molar-refractivity contribution in [3.05, 3.63) is 48.6 Å². The van der Waals surface area contributed by atoms with Crippen LogP contribution in [0.25, 0.3) is 0 Å². The van der Waals surface area contributed by atoms with Gasteiger partial charge in [-0.15, -0.1) is 0 Å². The molecule has 0 spiro atoms. The molecule has 1 fully saturated rings. The first-order valence-corrected chi connectivity index (χ1v) is 26.7. The van der Waals surface area contributed by atoms with Crippen molar-refractivity contribution in [2.45, 2.75) is 269 Å². The minimum atomic E-state index is -1.54. The second-order valence-electron chi connectivity index (χ2n) is 18.3. The van der Waals surface area contributed by atoms with Gasteiger partial charge in [0.1, 0.15) is 30.5 Å². The van der Waals surface area contributed by atoms with Gasteiger partial charge in [0, 0.05) is 13.0 Å². The number of carbonyl (C=O) groups excluding carboxylic acids is 1. The van der Waals surface area contributed by atoms with Crippen molar-refractivity contribution in [3.8, 4) is 0 Å². The first-order chi connectivity index (χ1) is 31.4. The van der Waals surface area contributed by atoms with E-state index in [4.69, 9.17) is 18.9 Å². The number of esters is 1. The number of hydrogen-bond donors (Lipinski definition) is 4. The molecule has 6 unspecified atom stereocenters. The van der Waals surface area contributed by atoms with E-state index in [0.29, 0.717) is 13.0 Å². The van der Waals surface area contributed by atoms with E-state index in [0.717, 1.165) is 51.4 Å². The number of carbonyl (C=O) groups is 1. The summed E-state index contributed by atoms with van der Waals surface area (Å²) in [6, 6.07) is 0. The summed E-state index contributed by atoms with van der Waals surface area (Å²) in [5.41, 5.74) is 0. The lowest BCUT2D eigenvalue weighted by molar-refractivity contribution is -0.305. The van der Waals surface area contributed by atoms with E-state index < -0.39 is 43.4 Å². The Morgan fingerprint density at radius 1 is 0.516 bits per heavy atom. The molecule has 64 heavy (non-hydrogen) atoms. The molecule has 6 atom stereocenters. The quantitative estimate of drug-likeness (QED) is 0.0267. The zero-order chi connectivity index (χ0) is 46.4. The molecule has 1 saturated heterocycles. The predicted octanol–water partition coefficient (Wildman–Crippen LogP) is 13.3. The number of hydrogen-bond acceptors (Lipinski definition) is 9. The van der Waals surface area contributed by atoms with Crippen molar-refractivity contribution in [1.29, 1.82) is 0 Å². The van der Waals surface area contributed by atoms with Gasteiger partial charge in [0.05, 0.1) is 19.8 Å². The molecule has 0 amide bonds. The lowest BCUT2D eigenvalue weighted by atomic mass is 9.99. The topological polar surface area (TPSA) is 135 Å². The van der Waals surface area contributed by atoms with E-state index in [9.17, 15) is 25.2 Å². The number of rotatable bonds is 46. The van der Waals surface area contributed by atoms with Crippen LogP contribution in [0.15, 0.2) is 48.6 Å². The summed E-state index contributed by atoms with van der Waals surface area (Å²) < 4.78 is 22.9. The van der Waals surface area contributed by atoms with Crippen LogP contribution < -0.4 is 0 Å². The summed E-state index contributed by atoms with van der Waals surface area (Å²) in [6.07, 6.45) is 51.7. The highest BCUT2D eigenvalue weighted by Crippen LogP contribution is 2.23. The Morgan fingerprint density at radius 3 is 1.41 bits per heavy atom. The number of aliphatic hydroxyl groups excluding tert-OH is 4. The number of unbranched alkanes of at least 4 members (excludes halogenated alkanes) is 27. The third-order valence-electron chi connectivity index (χ3n) is 12.3. The van der Waals surface area contributed by atoms with Crippen molar-refractivity contribution < 1.29 is 44.2 Å². The standard InChI is InChI=1S/C55H100O9/c1-3-5-7-9-11-13-15-17-19-20-21-22-23-24-25-26-27-28-29-31-33-35-37-39-41-43-45-61-47-49(48-62-55-54(60)53(59)52(58)50(46-56)64-55)63-51(57)44-42-40-38-36-34-32-30-18-16-14-12-10-8-6-4-2/h6,8,12,14,18,30,34,36,49-50,52-56,58-60H,3-5,7,9-11,13,15-17,19-29,31-33,35,37-48H2,1-2H3/b8-6-,14-12-,30-18-,36-34-. The van der Waals surface area contributed by atoms with Crippen LogP contribution in [0.4, 0.5) is 0 Å². The van der Waals surface area contributed by atoms with E-state index in [2.05, 4.69) is 62.5 Å². The van der Waals surface area contributed by atoms with Crippen LogP contribution in [-0.2, 0) is 23.7 Å². The lowest BCUT2D eigenvalue weighted by Crippen LogP contribution is -2.59. The fourth-order valence-electron chi connectivity index (χ4n) is 8.13. The van der Waals surface area contributed by atoms with E-state index >= 15 is 0 Å². The zero-order valence-corrected chi connectivity index (χ0v) is 41.3. The van der Waals surface area contributed by atoms with Gasteiger partial charge in [-0.2, -0.15) is 0 Å². The molecule has 0 saturated carbocycles. The molecule has 0 bridgehead atoms. The number of allylic oxidation sites excluding steroid dienone is 8. The Kier molecular flexibility index (Phi) is 43.5. The van der Waals surface area contributed by atoms with Gasteiger partial charge in [-0.1, -0.05) is 223 Å². The van der Waals surface area contributed by atoms with Crippen molar-refractivity contribution >= 4 is 5.97 Å². The summed E-state index contributed by atoms with van der Waals surface area (Å²) >= 11 is 0. The maximum atomic E-state index is 12.8. The molecule has 1 rings (SSSR count). The highest BCUT2D eigenvalue weighted by atomic mass is 16.7. The fourth-order valence-corrected chi connectivity index (χ4v) is 8.13. The maximum Gasteiger partial charge on any atom is 0.306 e. The molecule has 9 nitrogen and oxygen atoms in total. The second-order valence-corrected chi connectivity index (χ2v) is 18.3. The molecule has 1 aliphatic heterocycles. The van der Waals surface area contributed by atoms with Gasteiger partial charge in [-0.25, -0.2) is 0 Å². The number of ether oxygens (including phenoxy) is 4. The highest BCUT2D eigenvalue weighted by molar-refractivity contribution is 5.69. The molecule has 1 heterocycles. The summed E-state index contributed by atoms with van der Waals surface area (Å²) in [4.78, 5) is 12.8. The predicted molar refractivity (Wildman–Crippen MR) is 265 cm³/mol. The Balaban J connectivity index is 2.15. The fraction of sp³-hybridized carbons (Fsp3) is 0.836. The van der Waals surface area contributed by atoms with Crippen LogP contribution in [0, 0.1) is 0 Å². The van der Waals surface area contributed by atoms with E-state index in [1.54, 1.807) is 0 Å². The van der Waals surface area contributed by atoms with E-state index in [1.165, 1.54) is 154 Å². The molecule has 0 aromatic rings. The molecular weight excluding hydrogens is 805 g/mol. The van der Waals surface area contributed by atoms with Crippen molar-refractivity contribution in [3.63, 3.8) is 0 Å². The van der Waals surface area contributed by atoms with Crippen molar-refractivity contribution in [1.82, 2.24) is 0 Å². The summed E-state index contributed by atoms with van der Waals surface area (Å²) in [5, 5.41) is 40.2. The molecule has 0 aromatic carbocycles. The minimum absolute atomic E-state index is 0.129. The van der Waals surface area contributed by atoms with Gasteiger partial charge < -0.3 is 39.4 Å². The Morgan fingerprint density at radius 2 is 0.953 bits per heavy atom. The van der Waals surface area contributed by atoms with E-state index in [-0.39, 0.29) is 25.6 Å². The average molecular weight is 905 g/mol. The minimum Gasteiger partial charge on any atom is -0.457 e. The highest BCUT2D eigenvalue weighted by Gasteiger charge is 2.44. The van der Waals surface area contributed by atoms with Crippen LogP contribution in [0.2, 0.25) is 0 Å². The van der Waals surface area contributed by atoms with E-state index in [1.807, 2.05) is 0 Å². The smallest absolute Gasteiger partial charge is 0.306 e. The average Bonchev–Trinajstić information content (AvgIpc) is 3.30. The van der Waals surface area contributed by atoms with Crippen LogP contribution in [0.1, 0.15) is 232 Å². The van der Waals surface area contributed by atoms with Crippen molar-refractivity contribution in [2.24, 2.45) is 0 Å². The Labute approximate surface area is 392 Å². The summed E-state index contributed by atoms with van der Waals surface area (Å²) in [5.74, 6) is -0.351. The lowest BCUT2D eigenvalue weighted by Gasteiger charge is -2.39. The maximum absolute atomic E-state index is 12.8. The number of aliphatic hydroxyl groups is 4. The van der Waals surface area contributed by atoms with Gasteiger partial charge in [0.25, 0.3) is 0 Å². The third-order valence-corrected chi connectivity index (χ3v) is 12.3. The van der Waals surface area contributed by atoms with Gasteiger partial charge >= 0.3 is 5.97 Å². The van der Waals surface area contributed by atoms with Crippen LogP contribution in [0.3, 0.4) is 0 Å². The normalized spacial score (nSPS) is 19.9. The third kappa shape index (κ3) is 36.3. The Hall–Kier alpha value is -1.85. The molecule has 4 N–H and O–H groups in total. The summed E-state index contributed by atoms with van der Waals surface area (Å²) in [6.45, 7) is 4.43. The van der Waals surface area contributed by atoms with Crippen LogP contribution in [-0.4, -0.2) is 89.6 Å². The molecule has 1 aliphatic rings. The van der Waals surface area contributed by atoms with Crippen molar-refractivity contribution in [2.75, 3.05) is 26.4 Å². The molecule has 0 aliphatic carbocycles. The van der Waals surface area contributed by atoms with Gasteiger partial charge in [0.2, 0.25) is 0 Å². The van der Waals surface area contributed by atoms with Gasteiger partial charge in [-0.05, 0) is 51.4 Å². The molecule has 9 heteroatoms. The largest absolute Gasteiger partial charge is 0.457 e. The van der Waals surface area contributed by atoms with Gasteiger partial charge in [0.15, 0.2) is 6.29 Å². The van der Waals surface area contributed by atoms with Crippen LogP contribution in [0.5, 0.6) is 0 Å². The SMILES string of the molecule is CC/C=C\C/C=C\C/C=C\C/C=C\CCCCC(=O)OC(COCCCCCCCCCCCCCCCCCCCCCCCCCCCC)COC1OC(CO)C(O)C(O)C1O. The van der Waals surface area contributed by atoms with Crippen LogP contribution >= 0.6 is 0 Å². The first kappa shape index (κ1) is 60.2. The monoisotopic (exact) mass is 905 g/mol. The second kappa shape index (κ2) is 46.3. The zero-order valence-electron chi connectivity index (χ0n) is 41.3. The first-order valence-electron chi connectivity index (χ1n) is 26.7. The molecule has 0 radical (unpaired) electrons.